The predicted molar refractivity (Wildman–Crippen MR) is 104 cm³/mol. The van der Waals surface area contributed by atoms with E-state index in [1.165, 1.54) is 17.0 Å². The van der Waals surface area contributed by atoms with E-state index in [1.807, 2.05) is 0 Å². The number of rotatable bonds is 5. The number of pyridine rings is 1. The minimum Gasteiger partial charge on any atom is -0.311 e. The summed E-state index contributed by atoms with van der Waals surface area (Å²) in [6, 6.07) is 11.4. The van der Waals surface area contributed by atoms with E-state index in [9.17, 15) is 14.0 Å². The number of anilines is 1. The van der Waals surface area contributed by atoms with Gasteiger partial charge in [0.15, 0.2) is 0 Å². The molecule has 5 nitrogen and oxygen atoms in total. The highest BCUT2D eigenvalue weighted by Crippen LogP contribution is 2.32. The Bertz CT molecular complexity index is 887. The quantitative estimate of drug-likeness (QED) is 0.629. The van der Waals surface area contributed by atoms with Gasteiger partial charge in [0.2, 0.25) is 5.91 Å². The molecular formula is C18H14FN3O2S2. The summed E-state index contributed by atoms with van der Waals surface area (Å²) in [5.41, 5.74) is 0.320. The number of thioether (sulfide) groups is 1. The molecule has 1 aromatic carbocycles. The van der Waals surface area contributed by atoms with Gasteiger partial charge >= 0.3 is 0 Å². The molecule has 1 aliphatic rings. The molecular weight excluding hydrogens is 373 g/mol. The highest BCUT2D eigenvalue weighted by molar-refractivity contribution is 8.26. The SMILES string of the molecule is O=C(CCN1C(=O)/C(=C\c2ccccc2F)SC1=S)Nc1ccccn1. The van der Waals surface area contributed by atoms with Crippen molar-refractivity contribution in [1.82, 2.24) is 9.88 Å². The standard InChI is InChI=1S/C18H14FN3O2S2/c19-13-6-2-1-5-12(13)11-14-17(24)22(18(25)26-14)10-8-16(23)21-15-7-3-4-9-20-15/h1-7,9,11H,8,10H2,(H,20,21,23)/b14-11+. The first kappa shape index (κ1) is 18.2. The average Bonchev–Trinajstić information content (AvgIpc) is 2.89. The molecule has 0 unspecified atom stereocenters. The van der Waals surface area contributed by atoms with Crippen LogP contribution >= 0.6 is 24.0 Å². The van der Waals surface area contributed by atoms with Gasteiger partial charge in [-0.2, -0.15) is 0 Å². The van der Waals surface area contributed by atoms with Gasteiger partial charge in [0.25, 0.3) is 5.91 Å². The molecule has 2 amide bonds. The third-order valence-electron chi connectivity index (χ3n) is 3.56. The zero-order chi connectivity index (χ0) is 18.5. The van der Waals surface area contributed by atoms with Crippen LogP contribution in [-0.4, -0.2) is 32.6 Å². The first-order chi connectivity index (χ1) is 12.5. The molecule has 0 atom stereocenters. The normalized spacial score (nSPS) is 15.6. The molecule has 0 bridgehead atoms. The second-order valence-electron chi connectivity index (χ2n) is 5.37. The lowest BCUT2D eigenvalue weighted by Gasteiger charge is -2.13. The van der Waals surface area contributed by atoms with Gasteiger partial charge in [-0.3, -0.25) is 14.5 Å². The van der Waals surface area contributed by atoms with Gasteiger partial charge in [-0.25, -0.2) is 9.37 Å². The summed E-state index contributed by atoms with van der Waals surface area (Å²) in [4.78, 5) is 30.2. The molecule has 0 spiro atoms. The summed E-state index contributed by atoms with van der Waals surface area (Å²) < 4.78 is 14.1. The van der Waals surface area contributed by atoms with E-state index in [1.54, 1.807) is 42.6 Å². The molecule has 1 N–H and O–H groups in total. The van der Waals surface area contributed by atoms with E-state index in [-0.39, 0.29) is 24.8 Å². The van der Waals surface area contributed by atoms with Gasteiger partial charge in [-0.15, -0.1) is 0 Å². The summed E-state index contributed by atoms with van der Waals surface area (Å²) in [5.74, 6) is -0.556. The zero-order valence-electron chi connectivity index (χ0n) is 13.5. The molecule has 8 heteroatoms. The van der Waals surface area contributed by atoms with Crippen molar-refractivity contribution in [3.63, 3.8) is 0 Å². The maximum Gasteiger partial charge on any atom is 0.266 e. The fourth-order valence-electron chi connectivity index (χ4n) is 2.28. The summed E-state index contributed by atoms with van der Waals surface area (Å²) >= 11 is 6.31. The molecule has 2 heterocycles. The third-order valence-corrected chi connectivity index (χ3v) is 4.94. The van der Waals surface area contributed by atoms with Crippen LogP contribution in [0, 0.1) is 5.82 Å². The van der Waals surface area contributed by atoms with Crippen molar-refractivity contribution in [2.45, 2.75) is 6.42 Å². The molecule has 1 aliphatic heterocycles. The van der Waals surface area contributed by atoms with Crippen LogP contribution in [0.25, 0.3) is 6.08 Å². The van der Waals surface area contributed by atoms with Gasteiger partial charge < -0.3 is 5.32 Å². The number of nitrogens with zero attached hydrogens (tertiary/aromatic N) is 2. The largest absolute Gasteiger partial charge is 0.311 e. The van der Waals surface area contributed by atoms with Crippen molar-refractivity contribution in [3.05, 3.63) is 64.9 Å². The fraction of sp³-hybridized carbons (Fsp3) is 0.111. The second-order valence-corrected chi connectivity index (χ2v) is 7.04. The van der Waals surface area contributed by atoms with Gasteiger partial charge in [0.1, 0.15) is 16.0 Å². The summed E-state index contributed by atoms with van der Waals surface area (Å²) in [6.45, 7) is 0.151. The molecule has 1 aromatic heterocycles. The summed E-state index contributed by atoms with van der Waals surface area (Å²) in [7, 11) is 0. The Kier molecular flexibility index (Phi) is 5.75. The first-order valence-corrected chi connectivity index (χ1v) is 8.98. The van der Waals surface area contributed by atoms with Crippen LogP contribution in [0.4, 0.5) is 10.2 Å². The minimum atomic E-state index is -0.410. The van der Waals surface area contributed by atoms with Crippen molar-refractivity contribution < 1.29 is 14.0 Å². The van der Waals surface area contributed by atoms with Crippen LogP contribution in [0.1, 0.15) is 12.0 Å². The van der Waals surface area contributed by atoms with Crippen LogP contribution in [0.15, 0.2) is 53.6 Å². The number of hydrogen-bond acceptors (Lipinski definition) is 5. The van der Waals surface area contributed by atoms with E-state index in [4.69, 9.17) is 12.2 Å². The van der Waals surface area contributed by atoms with Gasteiger partial charge in [-0.1, -0.05) is 48.2 Å². The predicted octanol–water partition coefficient (Wildman–Crippen LogP) is 3.45. The maximum atomic E-state index is 13.8. The zero-order valence-corrected chi connectivity index (χ0v) is 15.1. The fourth-order valence-corrected chi connectivity index (χ4v) is 3.58. The monoisotopic (exact) mass is 387 g/mol. The lowest BCUT2D eigenvalue weighted by Crippen LogP contribution is -2.31. The Morgan fingerprint density at radius 2 is 2.04 bits per heavy atom. The smallest absolute Gasteiger partial charge is 0.266 e. The van der Waals surface area contributed by atoms with Crippen LogP contribution in [0.5, 0.6) is 0 Å². The number of amides is 2. The summed E-state index contributed by atoms with van der Waals surface area (Å²) in [5, 5.41) is 2.65. The highest BCUT2D eigenvalue weighted by Gasteiger charge is 2.32. The van der Waals surface area contributed by atoms with E-state index >= 15 is 0 Å². The number of carbonyl (C=O) groups is 2. The molecule has 3 rings (SSSR count). The average molecular weight is 387 g/mol. The maximum absolute atomic E-state index is 13.8. The van der Waals surface area contributed by atoms with E-state index in [2.05, 4.69) is 10.3 Å². The van der Waals surface area contributed by atoms with Crippen LogP contribution in [0.2, 0.25) is 0 Å². The molecule has 0 radical (unpaired) electrons. The van der Waals surface area contributed by atoms with Crippen LogP contribution in [0.3, 0.4) is 0 Å². The number of hydrogen-bond donors (Lipinski definition) is 1. The second kappa shape index (κ2) is 8.20. The Balaban J connectivity index is 1.62. The molecule has 2 aromatic rings. The van der Waals surface area contributed by atoms with Gasteiger partial charge in [0, 0.05) is 24.7 Å². The number of nitrogens with one attached hydrogen (secondary N) is 1. The number of benzene rings is 1. The Labute approximate surface area is 159 Å². The van der Waals surface area contributed by atoms with E-state index in [0.717, 1.165) is 11.8 Å². The van der Waals surface area contributed by atoms with Crippen LogP contribution in [-0.2, 0) is 9.59 Å². The lowest BCUT2D eigenvalue weighted by atomic mass is 10.2. The number of halogens is 1. The molecule has 26 heavy (non-hydrogen) atoms. The minimum absolute atomic E-state index is 0.0794. The van der Waals surface area contributed by atoms with Crippen LogP contribution < -0.4 is 5.32 Å². The van der Waals surface area contributed by atoms with Crippen molar-refractivity contribution in [3.8, 4) is 0 Å². The van der Waals surface area contributed by atoms with Crippen molar-refractivity contribution in [2.24, 2.45) is 0 Å². The Morgan fingerprint density at radius 3 is 2.77 bits per heavy atom. The van der Waals surface area contributed by atoms with Crippen molar-refractivity contribution >= 4 is 52.0 Å². The van der Waals surface area contributed by atoms with Gasteiger partial charge in [-0.05, 0) is 24.3 Å². The number of aromatic nitrogens is 1. The summed E-state index contributed by atoms with van der Waals surface area (Å²) in [6.07, 6.45) is 3.13. The van der Waals surface area contributed by atoms with Gasteiger partial charge in [0.05, 0.1) is 4.91 Å². The molecule has 132 valence electrons. The molecule has 1 saturated heterocycles. The number of carbonyl (C=O) groups excluding carboxylic acids is 2. The third kappa shape index (κ3) is 4.33. The van der Waals surface area contributed by atoms with Crippen molar-refractivity contribution in [2.75, 3.05) is 11.9 Å². The topological polar surface area (TPSA) is 62.3 Å². The molecule has 0 saturated carbocycles. The molecule has 1 fully saturated rings. The van der Waals surface area contributed by atoms with E-state index < -0.39 is 5.82 Å². The van der Waals surface area contributed by atoms with Crippen molar-refractivity contribution in [1.29, 1.82) is 0 Å². The Morgan fingerprint density at radius 1 is 1.27 bits per heavy atom. The van der Waals surface area contributed by atoms with E-state index in [0.29, 0.717) is 20.6 Å². The lowest BCUT2D eigenvalue weighted by molar-refractivity contribution is -0.122. The highest BCUT2D eigenvalue weighted by atomic mass is 32.2. The Hall–Kier alpha value is -2.58. The number of thiocarbonyl (C=S) groups is 1. The molecule has 0 aliphatic carbocycles. The first-order valence-electron chi connectivity index (χ1n) is 7.75.